The summed E-state index contributed by atoms with van der Waals surface area (Å²) in [5.41, 5.74) is 5.18. The maximum atomic E-state index is 12.6. The Morgan fingerprint density at radius 2 is 2.04 bits per heavy atom. The molecule has 1 aliphatic heterocycles. The number of rotatable bonds is 2. The molecule has 0 saturated carbocycles. The number of nitrogens with zero attached hydrogens (tertiary/aromatic N) is 4. The Kier molecular flexibility index (Phi) is 3.16. The van der Waals surface area contributed by atoms with Crippen molar-refractivity contribution < 1.29 is 9.53 Å². The molecule has 0 fully saturated rings. The van der Waals surface area contributed by atoms with Crippen LogP contribution in [0, 0.1) is 0 Å². The van der Waals surface area contributed by atoms with Crippen molar-refractivity contribution >= 4 is 34.2 Å². The number of imidazole rings is 1. The molecule has 0 amide bonds. The van der Waals surface area contributed by atoms with Gasteiger partial charge in [0.15, 0.2) is 5.65 Å². The van der Waals surface area contributed by atoms with Crippen LogP contribution in [0.4, 0.5) is 11.5 Å². The van der Waals surface area contributed by atoms with Crippen LogP contribution < -0.4 is 9.80 Å². The first-order chi connectivity index (χ1) is 11.5. The van der Waals surface area contributed by atoms with Crippen LogP contribution in [0.25, 0.3) is 16.7 Å². The number of hydrogen-bond acceptors (Lipinski definition) is 5. The normalized spacial score (nSPS) is 13.6. The second-order valence-electron chi connectivity index (χ2n) is 6.34. The molecule has 3 aromatic rings. The summed E-state index contributed by atoms with van der Waals surface area (Å²) in [5.74, 6) is 0.733. The summed E-state index contributed by atoms with van der Waals surface area (Å²) in [6, 6.07) is 7.96. The highest BCUT2D eigenvalue weighted by Gasteiger charge is 2.32. The number of anilines is 2. The van der Waals surface area contributed by atoms with Crippen LogP contribution in [0.15, 0.2) is 24.3 Å². The van der Waals surface area contributed by atoms with Crippen LogP contribution in [0.2, 0.25) is 0 Å². The number of benzene rings is 1. The summed E-state index contributed by atoms with van der Waals surface area (Å²) in [6.45, 7) is 0.880. The first-order valence-corrected chi connectivity index (χ1v) is 7.97. The second-order valence-corrected chi connectivity index (χ2v) is 6.34. The molecule has 0 unspecified atom stereocenters. The molecule has 1 aliphatic rings. The third-order valence-electron chi connectivity index (χ3n) is 4.68. The topological polar surface area (TPSA) is 50.1 Å². The van der Waals surface area contributed by atoms with Crippen molar-refractivity contribution in [1.29, 1.82) is 0 Å². The number of fused-ring (bicyclic) bond motifs is 4. The molecule has 24 heavy (non-hydrogen) atoms. The lowest BCUT2D eigenvalue weighted by atomic mass is 10.1. The Bertz CT molecular complexity index is 974. The van der Waals surface area contributed by atoms with Gasteiger partial charge in [-0.2, -0.15) is 0 Å². The molecule has 0 atom stereocenters. The third kappa shape index (κ3) is 1.82. The minimum absolute atomic E-state index is 0.342. The van der Waals surface area contributed by atoms with E-state index in [0.717, 1.165) is 35.5 Å². The van der Waals surface area contributed by atoms with Crippen LogP contribution in [-0.2, 0) is 11.2 Å². The Hall–Kier alpha value is -2.76. The van der Waals surface area contributed by atoms with Gasteiger partial charge in [-0.25, -0.2) is 9.78 Å². The number of likely N-dealkylation sites (N-methyl/N-ethyl adjacent to an activating group) is 1. The Morgan fingerprint density at radius 1 is 1.29 bits per heavy atom. The van der Waals surface area contributed by atoms with Gasteiger partial charge in [-0.3, -0.25) is 4.40 Å². The van der Waals surface area contributed by atoms with Gasteiger partial charge in [0.05, 0.1) is 23.8 Å². The Balaban J connectivity index is 2.27. The second kappa shape index (κ2) is 5.12. The molecule has 1 aromatic carbocycles. The molecule has 0 aliphatic carbocycles. The number of hydrogen-bond donors (Lipinski definition) is 0. The summed E-state index contributed by atoms with van der Waals surface area (Å²) in [6.07, 6.45) is 0.895. The van der Waals surface area contributed by atoms with Gasteiger partial charge < -0.3 is 14.5 Å². The van der Waals surface area contributed by atoms with E-state index in [9.17, 15) is 4.79 Å². The van der Waals surface area contributed by atoms with Gasteiger partial charge >= 0.3 is 5.97 Å². The lowest BCUT2D eigenvalue weighted by Gasteiger charge is -2.23. The quantitative estimate of drug-likeness (QED) is 0.677. The molecule has 2 aromatic heterocycles. The number of ether oxygens (including phenoxy) is 1. The van der Waals surface area contributed by atoms with Gasteiger partial charge in [0, 0.05) is 33.3 Å². The molecule has 0 saturated heterocycles. The van der Waals surface area contributed by atoms with Gasteiger partial charge in [-0.1, -0.05) is 12.1 Å². The summed E-state index contributed by atoms with van der Waals surface area (Å²) < 4.78 is 7.16. The molecule has 124 valence electrons. The summed E-state index contributed by atoms with van der Waals surface area (Å²) in [7, 11) is 7.49. The van der Waals surface area contributed by atoms with Crippen LogP contribution in [0.5, 0.6) is 0 Å². The first-order valence-electron chi connectivity index (χ1n) is 7.97. The highest BCUT2D eigenvalue weighted by molar-refractivity contribution is 6.06. The average Bonchev–Trinajstić information content (AvgIpc) is 3.13. The van der Waals surface area contributed by atoms with E-state index in [1.807, 2.05) is 45.4 Å². The van der Waals surface area contributed by atoms with Gasteiger partial charge in [-0.05, 0) is 18.6 Å². The number of methoxy groups -OCH3 is 1. The zero-order valence-corrected chi connectivity index (χ0v) is 14.3. The van der Waals surface area contributed by atoms with Gasteiger partial charge in [0.2, 0.25) is 0 Å². The molecular weight excluding hydrogens is 304 g/mol. The van der Waals surface area contributed by atoms with E-state index in [4.69, 9.17) is 9.72 Å². The van der Waals surface area contributed by atoms with E-state index < -0.39 is 0 Å². The number of carbonyl (C=O) groups is 1. The van der Waals surface area contributed by atoms with Crippen molar-refractivity contribution in [3.05, 3.63) is 35.4 Å². The lowest BCUT2D eigenvalue weighted by Crippen LogP contribution is -2.20. The van der Waals surface area contributed by atoms with Crippen molar-refractivity contribution in [3.63, 3.8) is 0 Å². The largest absolute Gasteiger partial charge is 0.465 e. The fourth-order valence-electron chi connectivity index (χ4n) is 3.71. The van der Waals surface area contributed by atoms with E-state index in [-0.39, 0.29) is 5.97 Å². The molecule has 0 N–H and O–H groups in total. The highest BCUT2D eigenvalue weighted by Crippen LogP contribution is 2.41. The third-order valence-corrected chi connectivity index (χ3v) is 4.68. The standard InChI is InChI=1S/C18H20N4O2/c1-20(2)17-11-9-10-21(3)15(11)14(18(23)24-4)16-19-12-7-5-6-8-13(12)22(16)17/h5-8H,9-10H2,1-4H3. The van der Waals surface area contributed by atoms with Gasteiger partial charge in [0.1, 0.15) is 11.4 Å². The van der Waals surface area contributed by atoms with E-state index in [1.54, 1.807) is 0 Å². The average molecular weight is 324 g/mol. The van der Waals surface area contributed by atoms with Gasteiger partial charge in [-0.15, -0.1) is 0 Å². The van der Waals surface area contributed by atoms with E-state index >= 15 is 0 Å². The predicted octanol–water partition coefficient (Wildman–Crippen LogP) is 2.33. The number of esters is 1. The van der Waals surface area contributed by atoms with Crippen LogP contribution >= 0.6 is 0 Å². The molecule has 6 nitrogen and oxygen atoms in total. The monoisotopic (exact) mass is 324 g/mol. The SMILES string of the molecule is COC(=O)c1c2c(c(N(C)C)n3c1nc1ccccc13)CCN2C. The van der Waals surface area contributed by atoms with Gasteiger partial charge in [0.25, 0.3) is 0 Å². The number of carbonyl (C=O) groups excluding carboxylic acids is 1. The molecule has 6 heteroatoms. The predicted molar refractivity (Wildman–Crippen MR) is 95.3 cm³/mol. The molecule has 0 radical (unpaired) electrons. The van der Waals surface area contributed by atoms with Crippen LogP contribution in [-0.4, -0.2) is 50.2 Å². The molecule has 3 heterocycles. The van der Waals surface area contributed by atoms with Crippen molar-refractivity contribution in [2.45, 2.75) is 6.42 Å². The van der Waals surface area contributed by atoms with Crippen LogP contribution in [0.1, 0.15) is 15.9 Å². The fourth-order valence-corrected chi connectivity index (χ4v) is 3.71. The van der Waals surface area contributed by atoms with Crippen LogP contribution in [0.3, 0.4) is 0 Å². The number of aromatic nitrogens is 2. The van der Waals surface area contributed by atoms with Crippen molar-refractivity contribution in [1.82, 2.24) is 9.38 Å². The summed E-state index contributed by atoms with van der Waals surface area (Å²) in [5, 5.41) is 0. The fraction of sp³-hybridized carbons (Fsp3) is 0.333. The van der Waals surface area contributed by atoms with E-state index in [1.165, 1.54) is 12.7 Å². The van der Waals surface area contributed by atoms with Crippen molar-refractivity contribution in [3.8, 4) is 0 Å². The maximum absolute atomic E-state index is 12.6. The smallest absolute Gasteiger partial charge is 0.343 e. The summed E-state index contributed by atoms with van der Waals surface area (Å²) >= 11 is 0. The zero-order chi connectivity index (χ0) is 17.0. The summed E-state index contributed by atoms with van der Waals surface area (Å²) in [4.78, 5) is 21.5. The number of para-hydroxylation sites is 2. The minimum atomic E-state index is -0.342. The minimum Gasteiger partial charge on any atom is -0.465 e. The highest BCUT2D eigenvalue weighted by atomic mass is 16.5. The molecule has 4 rings (SSSR count). The molecule has 0 bridgehead atoms. The van der Waals surface area contributed by atoms with Crippen molar-refractivity contribution in [2.75, 3.05) is 44.6 Å². The van der Waals surface area contributed by atoms with E-state index in [2.05, 4.69) is 14.2 Å². The molecular formula is C18H20N4O2. The first kappa shape index (κ1) is 14.8. The number of pyridine rings is 1. The van der Waals surface area contributed by atoms with Crippen molar-refractivity contribution in [2.24, 2.45) is 0 Å². The molecule has 0 spiro atoms. The Morgan fingerprint density at radius 3 is 2.75 bits per heavy atom. The lowest BCUT2D eigenvalue weighted by molar-refractivity contribution is 0.0603. The van der Waals surface area contributed by atoms with E-state index in [0.29, 0.717) is 11.2 Å². The maximum Gasteiger partial charge on any atom is 0.343 e. The zero-order valence-electron chi connectivity index (χ0n) is 14.3. The Labute approximate surface area is 140 Å².